The van der Waals surface area contributed by atoms with E-state index in [0.29, 0.717) is 17.9 Å². The van der Waals surface area contributed by atoms with E-state index < -0.39 is 27.7 Å². The number of hydrogen-bond acceptors (Lipinski definition) is 4. The zero-order valence-electron chi connectivity index (χ0n) is 15.3. The molecule has 2 aromatic rings. The second kappa shape index (κ2) is 8.48. The normalized spacial score (nSPS) is 15.8. The van der Waals surface area contributed by atoms with Crippen molar-refractivity contribution in [3.8, 4) is 0 Å². The molecule has 154 valence electrons. The molecule has 0 radical (unpaired) electrons. The van der Waals surface area contributed by atoms with Gasteiger partial charge >= 0.3 is 0 Å². The number of rotatable bonds is 5. The summed E-state index contributed by atoms with van der Waals surface area (Å²) in [5.74, 6) is -2.23. The van der Waals surface area contributed by atoms with E-state index in [-0.39, 0.29) is 35.2 Å². The Balaban J connectivity index is 1.74. The van der Waals surface area contributed by atoms with Crippen LogP contribution in [0.25, 0.3) is 0 Å². The highest BCUT2D eigenvalue weighted by Gasteiger charge is 2.31. The summed E-state index contributed by atoms with van der Waals surface area (Å²) < 4.78 is 41.2. The Kier molecular flexibility index (Phi) is 6.21. The van der Waals surface area contributed by atoms with Gasteiger partial charge < -0.3 is 11.1 Å². The molecule has 1 saturated heterocycles. The van der Waals surface area contributed by atoms with Gasteiger partial charge in [0.1, 0.15) is 5.82 Å². The maximum atomic E-state index is 14.5. The van der Waals surface area contributed by atoms with Crippen molar-refractivity contribution in [3.05, 3.63) is 58.9 Å². The summed E-state index contributed by atoms with van der Waals surface area (Å²) in [5.41, 5.74) is 5.40. The maximum absolute atomic E-state index is 14.5. The number of carbonyl (C=O) groups excluding carboxylic acids is 2. The Morgan fingerprint density at radius 2 is 1.72 bits per heavy atom. The highest BCUT2D eigenvalue weighted by atomic mass is 35.5. The van der Waals surface area contributed by atoms with Crippen molar-refractivity contribution in [2.45, 2.75) is 17.7 Å². The van der Waals surface area contributed by atoms with Crippen LogP contribution < -0.4 is 11.1 Å². The second-order valence-electron chi connectivity index (χ2n) is 6.68. The van der Waals surface area contributed by atoms with Gasteiger partial charge in [0, 0.05) is 29.6 Å². The van der Waals surface area contributed by atoms with Gasteiger partial charge in [-0.3, -0.25) is 9.59 Å². The fourth-order valence-electron chi connectivity index (χ4n) is 3.08. The number of nitrogens with zero attached hydrogens (tertiary/aromatic N) is 1. The van der Waals surface area contributed by atoms with Crippen molar-refractivity contribution >= 4 is 39.1 Å². The Labute approximate surface area is 172 Å². The molecular weight excluding hydrogens is 421 g/mol. The van der Waals surface area contributed by atoms with E-state index in [2.05, 4.69) is 5.32 Å². The van der Waals surface area contributed by atoms with Gasteiger partial charge in [0.05, 0.1) is 10.6 Å². The van der Waals surface area contributed by atoms with Gasteiger partial charge in [-0.25, -0.2) is 12.8 Å². The van der Waals surface area contributed by atoms with Crippen LogP contribution in [0, 0.1) is 11.7 Å². The van der Waals surface area contributed by atoms with Crippen LogP contribution in [0.5, 0.6) is 0 Å². The first-order valence-corrected chi connectivity index (χ1v) is 10.7. The van der Waals surface area contributed by atoms with Gasteiger partial charge in [-0.05, 0) is 55.3 Å². The largest absolute Gasteiger partial charge is 0.369 e. The topological polar surface area (TPSA) is 110 Å². The van der Waals surface area contributed by atoms with E-state index in [0.717, 1.165) is 6.07 Å². The number of halogens is 2. The average Bonchev–Trinajstić information content (AvgIpc) is 2.70. The van der Waals surface area contributed by atoms with E-state index in [1.807, 2.05) is 0 Å². The fraction of sp³-hybridized carbons (Fsp3) is 0.263. The molecule has 2 amide bonds. The summed E-state index contributed by atoms with van der Waals surface area (Å²) in [6, 6.07) is 9.34. The third-order valence-corrected chi connectivity index (χ3v) is 6.94. The van der Waals surface area contributed by atoms with Crippen LogP contribution in [0.3, 0.4) is 0 Å². The van der Waals surface area contributed by atoms with Crippen molar-refractivity contribution in [1.82, 2.24) is 4.31 Å². The Hall–Kier alpha value is -2.49. The minimum absolute atomic E-state index is 0.132. The van der Waals surface area contributed by atoms with Crippen LogP contribution >= 0.6 is 11.6 Å². The zero-order valence-corrected chi connectivity index (χ0v) is 16.8. The van der Waals surface area contributed by atoms with Gasteiger partial charge in [-0.15, -0.1) is 0 Å². The molecule has 1 fully saturated rings. The minimum Gasteiger partial charge on any atom is -0.369 e. The Morgan fingerprint density at radius 3 is 2.28 bits per heavy atom. The lowest BCUT2D eigenvalue weighted by Crippen LogP contribution is -2.41. The molecule has 0 saturated carbocycles. The summed E-state index contributed by atoms with van der Waals surface area (Å²) in [6.07, 6.45) is 0.651. The summed E-state index contributed by atoms with van der Waals surface area (Å²) in [4.78, 5) is 23.2. The molecule has 1 aliphatic heterocycles. The second-order valence-corrected chi connectivity index (χ2v) is 9.06. The van der Waals surface area contributed by atoms with E-state index in [9.17, 15) is 22.4 Å². The molecule has 0 spiro atoms. The lowest BCUT2D eigenvalue weighted by Gasteiger charge is -2.29. The molecule has 3 rings (SSSR count). The smallest absolute Gasteiger partial charge is 0.255 e. The van der Waals surface area contributed by atoms with E-state index in [1.54, 1.807) is 0 Å². The molecule has 0 atom stereocenters. The van der Waals surface area contributed by atoms with Gasteiger partial charge in [0.15, 0.2) is 0 Å². The quantitative estimate of drug-likeness (QED) is 0.746. The molecule has 0 unspecified atom stereocenters. The first-order chi connectivity index (χ1) is 13.7. The summed E-state index contributed by atoms with van der Waals surface area (Å²) in [7, 11) is -3.92. The Morgan fingerprint density at radius 1 is 1.10 bits per heavy atom. The maximum Gasteiger partial charge on any atom is 0.255 e. The molecule has 0 aromatic heterocycles. The van der Waals surface area contributed by atoms with Crippen LogP contribution in [0.2, 0.25) is 5.02 Å². The number of amides is 2. The predicted molar refractivity (Wildman–Crippen MR) is 106 cm³/mol. The number of sulfonamides is 1. The van der Waals surface area contributed by atoms with Gasteiger partial charge in [-0.1, -0.05) is 11.6 Å². The third kappa shape index (κ3) is 4.75. The number of carbonyl (C=O) groups is 2. The number of anilines is 1. The molecule has 7 nitrogen and oxygen atoms in total. The summed E-state index contributed by atoms with van der Waals surface area (Å²) in [6.45, 7) is 0.263. The third-order valence-electron chi connectivity index (χ3n) is 4.79. The molecule has 29 heavy (non-hydrogen) atoms. The molecule has 2 aromatic carbocycles. The monoisotopic (exact) mass is 439 g/mol. The standard InChI is InChI=1S/C19H19ClFN3O4S/c20-14-3-1-13(2-4-14)19(26)23-17-6-5-15(11-16(17)21)29(27,28)24-9-7-12(8-10-24)18(22)25/h1-6,11-12H,7-10H2,(H2,22,25)(H,23,26). The lowest BCUT2D eigenvalue weighted by atomic mass is 9.98. The first kappa shape index (κ1) is 21.2. The minimum atomic E-state index is -3.92. The molecule has 1 aliphatic rings. The number of nitrogens with two attached hydrogens (primary N) is 1. The molecule has 0 bridgehead atoms. The average molecular weight is 440 g/mol. The van der Waals surface area contributed by atoms with Crippen LogP contribution in [0.4, 0.5) is 10.1 Å². The number of nitrogens with one attached hydrogen (secondary N) is 1. The highest BCUT2D eigenvalue weighted by Crippen LogP contribution is 2.26. The number of hydrogen-bond donors (Lipinski definition) is 2. The van der Waals surface area contributed by atoms with Crippen molar-refractivity contribution in [2.75, 3.05) is 18.4 Å². The SMILES string of the molecule is NC(=O)C1CCN(S(=O)(=O)c2ccc(NC(=O)c3ccc(Cl)cc3)c(F)c2)CC1. The van der Waals surface area contributed by atoms with E-state index in [1.165, 1.54) is 40.7 Å². The first-order valence-electron chi connectivity index (χ1n) is 8.84. The van der Waals surface area contributed by atoms with Crippen LogP contribution in [0.15, 0.2) is 47.4 Å². The highest BCUT2D eigenvalue weighted by molar-refractivity contribution is 7.89. The number of piperidine rings is 1. The van der Waals surface area contributed by atoms with Crippen molar-refractivity contribution in [1.29, 1.82) is 0 Å². The Bertz CT molecular complexity index is 1040. The molecule has 0 aliphatic carbocycles. The summed E-state index contributed by atoms with van der Waals surface area (Å²) in [5, 5.41) is 2.87. The van der Waals surface area contributed by atoms with Crippen molar-refractivity contribution in [2.24, 2.45) is 11.7 Å². The van der Waals surface area contributed by atoms with Gasteiger partial charge in [0.25, 0.3) is 5.91 Å². The van der Waals surface area contributed by atoms with Crippen LogP contribution in [-0.2, 0) is 14.8 Å². The lowest BCUT2D eigenvalue weighted by molar-refractivity contribution is -0.122. The van der Waals surface area contributed by atoms with E-state index in [4.69, 9.17) is 17.3 Å². The van der Waals surface area contributed by atoms with E-state index >= 15 is 0 Å². The number of benzene rings is 2. The van der Waals surface area contributed by atoms with Crippen LogP contribution in [0.1, 0.15) is 23.2 Å². The van der Waals surface area contributed by atoms with Gasteiger partial charge in [-0.2, -0.15) is 4.31 Å². The van der Waals surface area contributed by atoms with Crippen molar-refractivity contribution < 1.29 is 22.4 Å². The van der Waals surface area contributed by atoms with Crippen molar-refractivity contribution in [3.63, 3.8) is 0 Å². The zero-order chi connectivity index (χ0) is 21.2. The predicted octanol–water partition coefficient (Wildman–Crippen LogP) is 2.62. The summed E-state index contributed by atoms with van der Waals surface area (Å²) >= 11 is 5.77. The molecular formula is C19H19ClFN3O4S. The molecule has 3 N–H and O–H groups in total. The fourth-order valence-corrected chi connectivity index (χ4v) is 4.69. The van der Waals surface area contributed by atoms with Gasteiger partial charge in [0.2, 0.25) is 15.9 Å². The number of primary amides is 1. The van der Waals surface area contributed by atoms with Crippen LogP contribution in [-0.4, -0.2) is 37.6 Å². The molecule has 1 heterocycles. The molecule has 10 heteroatoms.